The third kappa shape index (κ3) is 6.40. The van der Waals surface area contributed by atoms with Gasteiger partial charge in [0.15, 0.2) is 0 Å². The number of ether oxygens (including phenoxy) is 2. The zero-order chi connectivity index (χ0) is 33.2. The van der Waals surface area contributed by atoms with Gasteiger partial charge in [-0.1, -0.05) is 18.7 Å². The number of carbonyl (C=O) groups excluding carboxylic acids is 1. The standard InChI is InChI=1S/C37H47N7O3/c1-24-36(44(17-16-39-24)25(2)26-10-13-28(14-11-26)43-20-18-41(3)19-21-43)35(38)27-12-15-30(34(22-27)47-6)40-37(45)32-23-29-31(42(32)4)8-7-9-33(29)46-5/h7-9,12,15-17,22-23,26,28H,2,10-11,13-14,18-21,38H2,1,3-6H3,(H,40,45)/b36-35-/t26-,28-. The zero-order valence-electron chi connectivity index (χ0n) is 28.3. The smallest absolute Gasteiger partial charge is 0.272 e. The molecule has 1 saturated carbocycles. The van der Waals surface area contributed by atoms with E-state index >= 15 is 0 Å². The van der Waals surface area contributed by atoms with Crippen molar-refractivity contribution in [3.05, 3.63) is 84.1 Å². The number of carbonyl (C=O) groups is 1. The summed E-state index contributed by atoms with van der Waals surface area (Å²) in [4.78, 5) is 25.3. The number of amides is 1. The number of nitrogens with two attached hydrogens (primary N) is 1. The minimum absolute atomic E-state index is 0.256. The van der Waals surface area contributed by atoms with Crippen LogP contribution in [-0.4, -0.2) is 84.4 Å². The molecule has 3 aromatic rings. The van der Waals surface area contributed by atoms with E-state index in [0.717, 1.165) is 72.6 Å². The lowest BCUT2D eigenvalue weighted by Crippen LogP contribution is -2.50. The van der Waals surface area contributed by atoms with E-state index in [2.05, 4.69) is 38.6 Å². The summed E-state index contributed by atoms with van der Waals surface area (Å²) in [6.07, 6.45) is 8.36. The fourth-order valence-corrected chi connectivity index (χ4v) is 7.26. The Kier molecular flexibility index (Phi) is 9.42. The van der Waals surface area contributed by atoms with Crippen molar-refractivity contribution in [3.8, 4) is 11.5 Å². The molecule has 6 rings (SSSR count). The second kappa shape index (κ2) is 13.7. The van der Waals surface area contributed by atoms with E-state index in [1.807, 2.05) is 73.4 Å². The maximum atomic E-state index is 13.5. The second-order valence-corrected chi connectivity index (χ2v) is 12.8. The third-order valence-corrected chi connectivity index (χ3v) is 10.1. The van der Waals surface area contributed by atoms with Gasteiger partial charge in [0.2, 0.25) is 0 Å². The molecule has 3 aliphatic rings. The number of piperazine rings is 1. The van der Waals surface area contributed by atoms with Crippen LogP contribution in [-0.2, 0) is 7.05 Å². The van der Waals surface area contributed by atoms with Crippen LogP contribution < -0.4 is 20.5 Å². The van der Waals surface area contributed by atoms with Gasteiger partial charge in [-0.15, -0.1) is 0 Å². The van der Waals surface area contributed by atoms with Crippen LogP contribution in [0.2, 0.25) is 0 Å². The highest BCUT2D eigenvalue weighted by Gasteiger charge is 2.32. The Balaban J connectivity index is 1.20. The molecule has 2 aliphatic heterocycles. The number of hydrogen-bond donors (Lipinski definition) is 2. The Morgan fingerprint density at radius 2 is 1.70 bits per heavy atom. The lowest BCUT2D eigenvalue weighted by Gasteiger charge is -2.42. The first kappa shape index (κ1) is 32.4. The molecule has 1 saturated heterocycles. The lowest BCUT2D eigenvalue weighted by atomic mass is 9.82. The number of allylic oxidation sites excluding steroid dienone is 2. The first-order chi connectivity index (χ1) is 22.7. The summed E-state index contributed by atoms with van der Waals surface area (Å²) in [7, 11) is 7.29. The first-order valence-corrected chi connectivity index (χ1v) is 16.4. The molecule has 2 aromatic carbocycles. The third-order valence-electron chi connectivity index (χ3n) is 10.1. The Morgan fingerprint density at radius 1 is 0.979 bits per heavy atom. The van der Waals surface area contributed by atoms with Gasteiger partial charge < -0.3 is 34.9 Å². The molecule has 1 amide bonds. The molecule has 0 bridgehead atoms. The van der Waals surface area contributed by atoms with Crippen LogP contribution in [0.1, 0.15) is 48.7 Å². The van der Waals surface area contributed by atoms with Crippen LogP contribution in [0.15, 0.2) is 77.8 Å². The molecule has 248 valence electrons. The molecule has 3 N–H and O–H groups in total. The van der Waals surface area contributed by atoms with Gasteiger partial charge in [0, 0.05) is 68.3 Å². The van der Waals surface area contributed by atoms with Gasteiger partial charge in [0.1, 0.15) is 17.2 Å². The fourth-order valence-electron chi connectivity index (χ4n) is 7.26. The van der Waals surface area contributed by atoms with Gasteiger partial charge >= 0.3 is 0 Å². The maximum Gasteiger partial charge on any atom is 0.272 e. The van der Waals surface area contributed by atoms with E-state index in [0.29, 0.717) is 40.5 Å². The highest BCUT2D eigenvalue weighted by Crippen LogP contribution is 2.38. The van der Waals surface area contributed by atoms with Crippen molar-refractivity contribution in [3.63, 3.8) is 0 Å². The highest BCUT2D eigenvalue weighted by atomic mass is 16.5. The second-order valence-electron chi connectivity index (χ2n) is 12.8. The Bertz CT molecular complexity index is 1750. The summed E-state index contributed by atoms with van der Waals surface area (Å²) in [5.41, 5.74) is 12.9. The molecule has 2 fully saturated rings. The number of hydrogen-bond acceptors (Lipinski definition) is 8. The van der Waals surface area contributed by atoms with E-state index in [1.165, 1.54) is 12.8 Å². The van der Waals surface area contributed by atoms with Crippen molar-refractivity contribution in [2.24, 2.45) is 23.7 Å². The van der Waals surface area contributed by atoms with Crippen molar-refractivity contribution in [2.45, 2.75) is 38.6 Å². The topological polar surface area (TPSA) is 101 Å². The molecule has 0 spiro atoms. The molecule has 3 heterocycles. The lowest BCUT2D eigenvalue weighted by molar-refractivity contribution is 0.0830. The molecule has 1 aliphatic carbocycles. The molecular formula is C37H47N7O3. The van der Waals surface area contributed by atoms with Crippen LogP contribution in [0, 0.1) is 5.92 Å². The largest absolute Gasteiger partial charge is 0.496 e. The van der Waals surface area contributed by atoms with Crippen molar-refractivity contribution in [1.29, 1.82) is 0 Å². The number of aliphatic imine (C=N–C) groups is 1. The highest BCUT2D eigenvalue weighted by molar-refractivity contribution is 6.08. The summed E-state index contributed by atoms with van der Waals surface area (Å²) in [5, 5.41) is 3.90. The van der Waals surface area contributed by atoms with E-state index in [1.54, 1.807) is 14.2 Å². The molecule has 1 aromatic heterocycles. The number of nitrogens with zero attached hydrogens (tertiary/aromatic N) is 5. The quantitative estimate of drug-likeness (QED) is 0.330. The van der Waals surface area contributed by atoms with Crippen LogP contribution >= 0.6 is 0 Å². The number of aromatic nitrogens is 1. The molecule has 10 nitrogen and oxygen atoms in total. The maximum absolute atomic E-state index is 13.5. The summed E-state index contributed by atoms with van der Waals surface area (Å²) < 4.78 is 13.1. The molecule has 0 radical (unpaired) electrons. The minimum atomic E-state index is -0.256. The average Bonchev–Trinajstić information content (AvgIpc) is 3.44. The van der Waals surface area contributed by atoms with Crippen molar-refractivity contribution in [2.75, 3.05) is 52.8 Å². The van der Waals surface area contributed by atoms with Crippen LogP contribution in [0.25, 0.3) is 16.6 Å². The number of nitrogens with one attached hydrogen (secondary N) is 1. The number of likely N-dealkylation sites (N-methyl/N-ethyl adjacent to an activating group) is 1. The Morgan fingerprint density at radius 3 is 2.40 bits per heavy atom. The summed E-state index contributed by atoms with van der Waals surface area (Å²) in [5.74, 6) is 1.34. The molecule has 0 unspecified atom stereocenters. The molecular weight excluding hydrogens is 590 g/mol. The van der Waals surface area contributed by atoms with E-state index in [-0.39, 0.29) is 5.91 Å². The molecule has 0 atom stereocenters. The number of aryl methyl sites for hydroxylation is 1. The monoisotopic (exact) mass is 637 g/mol. The molecule has 10 heteroatoms. The Hall–Kier alpha value is -4.54. The normalized spacial score (nSPS) is 21.8. The number of benzene rings is 2. The molecule has 47 heavy (non-hydrogen) atoms. The van der Waals surface area contributed by atoms with Crippen LogP contribution in [0.5, 0.6) is 11.5 Å². The van der Waals surface area contributed by atoms with Gasteiger partial charge in [0.05, 0.1) is 42.5 Å². The van der Waals surface area contributed by atoms with E-state index < -0.39 is 0 Å². The van der Waals surface area contributed by atoms with Crippen LogP contribution in [0.4, 0.5) is 5.69 Å². The van der Waals surface area contributed by atoms with Gasteiger partial charge in [-0.05, 0) is 75.9 Å². The first-order valence-electron chi connectivity index (χ1n) is 16.4. The fraction of sp³-hybridized carbons (Fsp3) is 0.405. The number of rotatable bonds is 8. The Labute approximate surface area is 277 Å². The van der Waals surface area contributed by atoms with E-state index in [4.69, 9.17) is 15.2 Å². The summed E-state index contributed by atoms with van der Waals surface area (Å²) in [6, 6.07) is 13.8. The van der Waals surface area contributed by atoms with Crippen molar-refractivity contribution in [1.82, 2.24) is 19.3 Å². The SMILES string of the molecule is C=C([C@H]1CC[C@H](N2CCN(C)CC2)CC1)N1C=CN=C(C)/C1=C(/N)c1ccc(NC(=O)c2cc3c(OC)cccc3n2C)c(OC)c1. The summed E-state index contributed by atoms with van der Waals surface area (Å²) in [6.45, 7) is 11.2. The van der Waals surface area contributed by atoms with Crippen molar-refractivity contribution >= 4 is 33.9 Å². The number of fused-ring (bicyclic) bond motifs is 1. The number of anilines is 1. The predicted octanol–water partition coefficient (Wildman–Crippen LogP) is 5.64. The zero-order valence-corrected chi connectivity index (χ0v) is 28.3. The van der Waals surface area contributed by atoms with Crippen molar-refractivity contribution < 1.29 is 14.3 Å². The van der Waals surface area contributed by atoms with Gasteiger partial charge in [-0.25, -0.2) is 0 Å². The van der Waals surface area contributed by atoms with E-state index in [9.17, 15) is 4.79 Å². The average molecular weight is 638 g/mol. The van der Waals surface area contributed by atoms with Gasteiger partial charge in [-0.2, -0.15) is 0 Å². The number of methoxy groups -OCH3 is 2. The van der Waals surface area contributed by atoms with Crippen LogP contribution in [0.3, 0.4) is 0 Å². The minimum Gasteiger partial charge on any atom is -0.496 e. The van der Waals surface area contributed by atoms with Gasteiger partial charge in [0.25, 0.3) is 5.91 Å². The summed E-state index contributed by atoms with van der Waals surface area (Å²) >= 11 is 0. The predicted molar refractivity (Wildman–Crippen MR) is 190 cm³/mol. The van der Waals surface area contributed by atoms with Gasteiger partial charge in [-0.3, -0.25) is 14.7 Å².